The molecule has 0 aliphatic heterocycles. The van der Waals surface area contributed by atoms with E-state index in [4.69, 9.17) is 9.84 Å². The number of benzene rings is 2. The summed E-state index contributed by atoms with van der Waals surface area (Å²) >= 11 is 1.00. The zero-order chi connectivity index (χ0) is 26.4. The molecule has 186 valence electrons. The Bertz CT molecular complexity index is 1380. The number of rotatable bonds is 7. The maximum absolute atomic E-state index is 15.0. The van der Waals surface area contributed by atoms with Gasteiger partial charge in [-0.25, -0.2) is 22.9 Å². The average molecular weight is 515 g/mol. The summed E-state index contributed by atoms with van der Waals surface area (Å²) in [7, 11) is 0. The minimum Gasteiger partial charge on any atom is -0.478 e. The molecule has 1 aromatic heterocycles. The monoisotopic (exact) mass is 514 g/mol. The van der Waals surface area contributed by atoms with Gasteiger partial charge < -0.3 is 9.84 Å². The number of nitrogens with zero attached hydrogens (tertiary/aromatic N) is 1. The van der Waals surface area contributed by atoms with Gasteiger partial charge in [0.15, 0.2) is 5.13 Å². The van der Waals surface area contributed by atoms with Crippen LogP contribution in [0.2, 0.25) is 0 Å². The average Bonchev–Trinajstić information content (AvgIpc) is 3.27. The fourth-order valence-electron chi connectivity index (χ4n) is 2.92. The van der Waals surface area contributed by atoms with Crippen molar-refractivity contribution in [3.8, 4) is 23.1 Å². The molecule has 36 heavy (non-hydrogen) atoms. The molecular weight excluding hydrogens is 493 g/mol. The first kappa shape index (κ1) is 26.7. The van der Waals surface area contributed by atoms with E-state index in [0.29, 0.717) is 0 Å². The van der Waals surface area contributed by atoms with Crippen LogP contribution in [-0.4, -0.2) is 34.7 Å². The first-order chi connectivity index (χ1) is 17.1. The topological polar surface area (TPSA) is 88.5 Å². The van der Waals surface area contributed by atoms with Gasteiger partial charge in [-0.1, -0.05) is 17.9 Å². The number of carboxylic acids is 1. The van der Waals surface area contributed by atoms with E-state index in [1.807, 2.05) is 13.8 Å². The molecule has 6 nitrogen and oxygen atoms in total. The Morgan fingerprint density at radius 2 is 1.92 bits per heavy atom. The Labute approximate surface area is 209 Å². The quantitative estimate of drug-likeness (QED) is 0.310. The van der Waals surface area contributed by atoms with Gasteiger partial charge in [-0.15, -0.1) is 11.3 Å². The zero-order valence-electron chi connectivity index (χ0n) is 19.5. The van der Waals surface area contributed by atoms with Crippen LogP contribution in [0.3, 0.4) is 0 Å². The molecule has 2 aromatic carbocycles. The van der Waals surface area contributed by atoms with Crippen LogP contribution < -0.4 is 5.32 Å². The largest absolute Gasteiger partial charge is 0.478 e. The van der Waals surface area contributed by atoms with Gasteiger partial charge in [-0.3, -0.25) is 10.1 Å². The number of hydrogen-bond donors (Lipinski definition) is 2. The van der Waals surface area contributed by atoms with Gasteiger partial charge in [0.2, 0.25) is 0 Å². The number of carbonyl (C=O) groups is 2. The molecular formula is C26H21F3N2O4S. The first-order valence-electron chi connectivity index (χ1n) is 10.6. The van der Waals surface area contributed by atoms with E-state index in [1.54, 1.807) is 6.07 Å². The summed E-state index contributed by atoms with van der Waals surface area (Å²) in [6, 6.07) is 6.24. The van der Waals surface area contributed by atoms with Gasteiger partial charge in [-0.2, -0.15) is 0 Å². The van der Waals surface area contributed by atoms with Crippen molar-refractivity contribution in [3.05, 3.63) is 75.4 Å². The number of nitrogens with one attached hydrogen (secondary N) is 1. The van der Waals surface area contributed by atoms with Crippen LogP contribution in [0.25, 0.3) is 17.3 Å². The highest BCUT2D eigenvalue weighted by Gasteiger charge is 2.18. The SMILES string of the molecule is CC(=Cc1c(F)cc(C(=O)Nc2nc(-c3cccc(C#CCOC(C)C)c3F)cs2)cc1F)C(=O)O. The van der Waals surface area contributed by atoms with Crippen molar-refractivity contribution in [2.45, 2.75) is 26.9 Å². The molecule has 0 spiro atoms. The predicted molar refractivity (Wildman–Crippen MR) is 131 cm³/mol. The van der Waals surface area contributed by atoms with Crippen LogP contribution in [0.15, 0.2) is 41.3 Å². The second kappa shape index (κ2) is 11.7. The number of halogens is 3. The summed E-state index contributed by atoms with van der Waals surface area (Å²) in [5, 5.41) is 12.9. The number of aromatic nitrogens is 1. The van der Waals surface area contributed by atoms with E-state index in [0.717, 1.165) is 29.5 Å². The molecule has 0 fully saturated rings. The molecule has 0 saturated heterocycles. The summed E-state index contributed by atoms with van der Waals surface area (Å²) in [5.41, 5.74) is -0.596. The van der Waals surface area contributed by atoms with Gasteiger partial charge >= 0.3 is 5.97 Å². The summed E-state index contributed by atoms with van der Waals surface area (Å²) < 4.78 is 49.0. The van der Waals surface area contributed by atoms with E-state index in [9.17, 15) is 22.8 Å². The lowest BCUT2D eigenvalue weighted by Gasteiger charge is -2.06. The fourth-order valence-corrected chi connectivity index (χ4v) is 3.63. The number of aliphatic carboxylic acids is 1. The minimum absolute atomic E-state index is 0.00279. The van der Waals surface area contributed by atoms with E-state index in [-0.39, 0.29) is 45.8 Å². The molecule has 0 radical (unpaired) electrons. The third kappa shape index (κ3) is 6.59. The third-order valence-electron chi connectivity index (χ3n) is 4.75. The number of anilines is 1. The van der Waals surface area contributed by atoms with Crippen LogP contribution in [0.1, 0.15) is 42.3 Å². The second-order valence-corrected chi connectivity index (χ2v) is 8.66. The number of carboxylic acid groups (broad SMARTS) is 1. The molecule has 1 heterocycles. The Kier molecular flexibility index (Phi) is 8.64. The maximum Gasteiger partial charge on any atom is 0.331 e. The Hall–Kier alpha value is -3.94. The van der Waals surface area contributed by atoms with Crippen molar-refractivity contribution in [3.63, 3.8) is 0 Å². The molecule has 0 aliphatic rings. The number of thiazole rings is 1. The molecule has 10 heteroatoms. The molecule has 3 rings (SSSR count). The number of carbonyl (C=O) groups excluding carboxylic acids is 1. The first-order valence-corrected chi connectivity index (χ1v) is 11.5. The van der Waals surface area contributed by atoms with Crippen LogP contribution in [0.5, 0.6) is 0 Å². The number of hydrogen-bond acceptors (Lipinski definition) is 5. The predicted octanol–water partition coefficient (Wildman–Crippen LogP) is 5.74. The van der Waals surface area contributed by atoms with Crippen LogP contribution >= 0.6 is 11.3 Å². The van der Waals surface area contributed by atoms with Crippen molar-refractivity contribution in [1.82, 2.24) is 4.98 Å². The van der Waals surface area contributed by atoms with Gasteiger partial charge in [0.25, 0.3) is 5.91 Å². The van der Waals surface area contributed by atoms with Crippen LogP contribution in [0.4, 0.5) is 18.3 Å². The molecule has 1 amide bonds. The number of amides is 1. The van der Waals surface area contributed by atoms with Crippen LogP contribution in [-0.2, 0) is 9.53 Å². The summed E-state index contributed by atoms with van der Waals surface area (Å²) in [4.78, 5) is 27.6. The Morgan fingerprint density at radius 3 is 2.56 bits per heavy atom. The smallest absolute Gasteiger partial charge is 0.331 e. The number of ether oxygens (including phenoxy) is 1. The summed E-state index contributed by atoms with van der Waals surface area (Å²) in [5.74, 6) is 0.521. The van der Waals surface area contributed by atoms with Gasteiger partial charge in [-0.05, 0) is 51.1 Å². The molecule has 0 unspecified atom stereocenters. The second-order valence-electron chi connectivity index (χ2n) is 7.81. The molecule has 3 aromatic rings. The van der Waals surface area contributed by atoms with Crippen molar-refractivity contribution < 1.29 is 32.6 Å². The standard InChI is InChI=1S/C26H21F3N2O4S/c1-14(2)35-9-5-7-16-6-4-8-18(23(16)29)22-13-36-26(30-22)31-24(32)17-11-20(27)19(21(28)12-17)10-15(3)25(33)34/h4,6,8,10-14H,9H2,1-3H3,(H,33,34)(H,30,31,32). The highest BCUT2D eigenvalue weighted by atomic mass is 32.1. The summed E-state index contributed by atoms with van der Waals surface area (Å²) in [6.45, 7) is 5.08. The lowest BCUT2D eigenvalue weighted by Crippen LogP contribution is -2.13. The fraction of sp³-hybridized carbons (Fsp3) is 0.192. The van der Waals surface area contributed by atoms with E-state index in [1.165, 1.54) is 24.4 Å². The van der Waals surface area contributed by atoms with Gasteiger partial charge in [0, 0.05) is 27.6 Å². The molecule has 0 aliphatic carbocycles. The van der Waals surface area contributed by atoms with Crippen LogP contribution in [0, 0.1) is 29.3 Å². The molecule has 0 saturated carbocycles. The lowest BCUT2D eigenvalue weighted by molar-refractivity contribution is -0.132. The van der Waals surface area contributed by atoms with Crippen molar-refractivity contribution in [2.75, 3.05) is 11.9 Å². The highest BCUT2D eigenvalue weighted by Crippen LogP contribution is 2.29. The van der Waals surface area contributed by atoms with E-state index < -0.39 is 34.9 Å². The van der Waals surface area contributed by atoms with Gasteiger partial charge in [0.05, 0.1) is 17.4 Å². The Morgan fingerprint density at radius 1 is 1.22 bits per heavy atom. The normalized spacial score (nSPS) is 11.2. The Balaban J connectivity index is 1.78. The van der Waals surface area contributed by atoms with Crippen molar-refractivity contribution >= 4 is 34.4 Å². The third-order valence-corrected chi connectivity index (χ3v) is 5.51. The summed E-state index contributed by atoms with van der Waals surface area (Å²) in [6.07, 6.45) is 0.842. The minimum atomic E-state index is -1.33. The molecule has 0 atom stereocenters. The maximum atomic E-state index is 15.0. The van der Waals surface area contributed by atoms with E-state index >= 15 is 0 Å². The van der Waals surface area contributed by atoms with E-state index in [2.05, 4.69) is 22.1 Å². The highest BCUT2D eigenvalue weighted by molar-refractivity contribution is 7.14. The van der Waals surface area contributed by atoms with Crippen molar-refractivity contribution in [2.24, 2.45) is 0 Å². The van der Waals surface area contributed by atoms with Crippen molar-refractivity contribution in [1.29, 1.82) is 0 Å². The molecule has 0 bridgehead atoms. The lowest BCUT2D eigenvalue weighted by atomic mass is 10.1. The molecule has 2 N–H and O–H groups in total. The van der Waals surface area contributed by atoms with Gasteiger partial charge in [0.1, 0.15) is 24.1 Å². The zero-order valence-corrected chi connectivity index (χ0v) is 20.3.